The van der Waals surface area contributed by atoms with E-state index < -0.39 is 60.3 Å². The number of ether oxygens (including phenoxy) is 1. The van der Waals surface area contributed by atoms with Crippen molar-refractivity contribution in [1.29, 1.82) is 0 Å². The number of esters is 1. The summed E-state index contributed by atoms with van der Waals surface area (Å²) in [7, 11) is 0. The molecule has 12 nitrogen and oxygen atoms in total. The third kappa shape index (κ3) is 12.3. The molecule has 2 aromatic carbocycles. The third-order valence-corrected chi connectivity index (χ3v) is 6.88. The maximum absolute atomic E-state index is 13.2. The zero-order chi connectivity index (χ0) is 31.9. The molecule has 2 aromatic rings. The lowest BCUT2D eigenvalue weighted by Gasteiger charge is -2.23. The highest BCUT2D eigenvalue weighted by Crippen LogP contribution is 2.11. The number of phenols is 1. The number of carbonyl (C=O) groups is 5. The zero-order valence-corrected chi connectivity index (χ0v) is 25.4. The van der Waals surface area contributed by atoms with Gasteiger partial charge in [-0.25, -0.2) is 4.79 Å². The van der Waals surface area contributed by atoms with Gasteiger partial charge < -0.3 is 36.8 Å². The van der Waals surface area contributed by atoms with Gasteiger partial charge in [-0.3, -0.25) is 19.2 Å². The second-order valence-electron chi connectivity index (χ2n) is 10.1. The molecule has 4 amide bonds. The minimum atomic E-state index is -1.07. The Hall–Kier alpha value is -4.10. The Morgan fingerprint density at radius 3 is 2.07 bits per heavy atom. The fourth-order valence-corrected chi connectivity index (χ4v) is 4.05. The van der Waals surface area contributed by atoms with E-state index in [0.717, 1.165) is 11.1 Å². The van der Waals surface area contributed by atoms with Gasteiger partial charge >= 0.3 is 5.97 Å². The van der Waals surface area contributed by atoms with E-state index in [1.165, 1.54) is 19.1 Å². The Labute approximate surface area is 256 Å². The molecule has 0 aliphatic heterocycles. The van der Waals surface area contributed by atoms with Crippen LogP contribution in [0.15, 0.2) is 54.6 Å². The van der Waals surface area contributed by atoms with E-state index in [-0.39, 0.29) is 30.4 Å². The number of nitrogens with two attached hydrogens (primary N) is 1. The van der Waals surface area contributed by atoms with Crippen molar-refractivity contribution in [1.82, 2.24) is 21.3 Å². The van der Waals surface area contributed by atoms with E-state index in [0.29, 0.717) is 6.42 Å². The third-order valence-electron chi connectivity index (χ3n) is 6.51. The molecule has 0 radical (unpaired) electrons. The first kappa shape index (κ1) is 35.1. The molecule has 0 saturated heterocycles. The number of carbonyl (C=O) groups excluding carboxylic acids is 5. The van der Waals surface area contributed by atoms with Gasteiger partial charge in [0, 0.05) is 12.2 Å². The van der Waals surface area contributed by atoms with Gasteiger partial charge in [0.05, 0.1) is 18.7 Å². The van der Waals surface area contributed by atoms with Gasteiger partial charge in [0.25, 0.3) is 0 Å². The molecule has 2 rings (SSSR count). The average Bonchev–Trinajstić information content (AvgIpc) is 2.99. The van der Waals surface area contributed by atoms with Gasteiger partial charge in [-0.05, 0) is 49.9 Å². The molecule has 0 heterocycles. The molecule has 0 spiro atoms. The molecule has 0 aliphatic rings. The first-order valence-electron chi connectivity index (χ1n) is 14.0. The smallest absolute Gasteiger partial charge is 0.329 e. The number of hydrogen-bond acceptors (Lipinski definition) is 9. The van der Waals surface area contributed by atoms with E-state index in [1.807, 2.05) is 13.0 Å². The number of aromatic hydroxyl groups is 1. The van der Waals surface area contributed by atoms with E-state index in [9.17, 15) is 29.1 Å². The zero-order valence-electron chi connectivity index (χ0n) is 24.5. The van der Waals surface area contributed by atoms with E-state index in [2.05, 4.69) is 33.9 Å². The highest BCUT2D eigenvalue weighted by molar-refractivity contribution is 7.80. The van der Waals surface area contributed by atoms with Crippen molar-refractivity contribution in [3.05, 3.63) is 65.7 Å². The lowest BCUT2D eigenvalue weighted by molar-refractivity contribution is -0.151. The Kier molecular flexibility index (Phi) is 14.5. The Morgan fingerprint density at radius 1 is 0.837 bits per heavy atom. The van der Waals surface area contributed by atoms with E-state index in [4.69, 9.17) is 10.5 Å². The van der Waals surface area contributed by atoms with Crippen LogP contribution in [0.5, 0.6) is 5.75 Å². The summed E-state index contributed by atoms with van der Waals surface area (Å²) in [5.41, 5.74) is 7.45. The number of phenolic OH excluding ortho intramolecular Hbond substituents is 1. The second-order valence-corrected chi connectivity index (χ2v) is 10.5. The summed E-state index contributed by atoms with van der Waals surface area (Å²) in [5.74, 6) is -3.02. The van der Waals surface area contributed by atoms with Gasteiger partial charge in [-0.2, -0.15) is 12.6 Å². The van der Waals surface area contributed by atoms with Crippen molar-refractivity contribution in [3.63, 3.8) is 0 Å². The van der Waals surface area contributed by atoms with Crippen LogP contribution in [-0.4, -0.2) is 77.3 Å². The predicted octanol–water partition coefficient (Wildman–Crippen LogP) is 0.367. The average molecular weight is 616 g/mol. The fraction of sp³-hybridized carbons (Fsp3) is 0.433. The number of amides is 4. The predicted molar refractivity (Wildman–Crippen MR) is 164 cm³/mol. The Bertz CT molecular complexity index is 1230. The molecule has 5 atom stereocenters. The van der Waals surface area contributed by atoms with E-state index in [1.54, 1.807) is 43.3 Å². The summed E-state index contributed by atoms with van der Waals surface area (Å²) in [4.78, 5) is 63.5. The Morgan fingerprint density at radius 2 is 1.47 bits per heavy atom. The van der Waals surface area contributed by atoms with Crippen LogP contribution in [0.4, 0.5) is 0 Å². The van der Waals surface area contributed by atoms with Crippen molar-refractivity contribution in [2.45, 2.75) is 70.3 Å². The summed E-state index contributed by atoms with van der Waals surface area (Å²) >= 11 is 4.16. The molecule has 0 aromatic heterocycles. The van der Waals surface area contributed by atoms with Crippen LogP contribution in [0.2, 0.25) is 0 Å². The fourth-order valence-electron chi connectivity index (χ4n) is 3.80. The van der Waals surface area contributed by atoms with Crippen LogP contribution in [0, 0.1) is 0 Å². The summed E-state index contributed by atoms with van der Waals surface area (Å²) in [5, 5.41) is 19.5. The molecule has 0 fully saturated rings. The standard InChI is InChI=1S/C30H41N5O7S/c1-4-18(2)42-30(41)25(17-43)35-29(40)24(15-20-8-6-5-7-9-20)34-26(37)16-32-27(38)19(3)33-28(39)23(31)14-21-10-12-22(36)13-11-21/h5-13,18-19,23-25,36,43H,4,14-17,31H2,1-3H3,(H,32,38)(H,33,39)(H,34,37)(H,35,40)/t18?,19-,23-,24-,25-/m0/s1. The molecule has 1 unspecified atom stereocenters. The summed E-state index contributed by atoms with van der Waals surface area (Å²) in [6, 6.07) is 11.2. The Balaban J connectivity index is 1.95. The molecular weight excluding hydrogens is 574 g/mol. The second kappa shape index (κ2) is 17.8. The molecule has 0 aliphatic carbocycles. The maximum Gasteiger partial charge on any atom is 0.329 e. The summed E-state index contributed by atoms with van der Waals surface area (Å²) in [6.45, 7) is 4.57. The largest absolute Gasteiger partial charge is 0.508 e. The highest BCUT2D eigenvalue weighted by atomic mass is 32.1. The monoisotopic (exact) mass is 615 g/mol. The summed E-state index contributed by atoms with van der Waals surface area (Å²) < 4.78 is 5.31. The van der Waals surface area contributed by atoms with Crippen molar-refractivity contribution < 1.29 is 33.8 Å². The van der Waals surface area contributed by atoms with Gasteiger partial charge in [0.15, 0.2) is 0 Å². The minimum Gasteiger partial charge on any atom is -0.508 e. The van der Waals surface area contributed by atoms with Crippen molar-refractivity contribution >= 4 is 42.2 Å². The molecule has 13 heteroatoms. The molecule has 234 valence electrons. The normalized spacial score (nSPS) is 14.3. The maximum atomic E-state index is 13.2. The van der Waals surface area contributed by atoms with Crippen LogP contribution in [0.1, 0.15) is 38.3 Å². The molecule has 43 heavy (non-hydrogen) atoms. The van der Waals surface area contributed by atoms with Gasteiger partial charge in [0.1, 0.15) is 23.9 Å². The van der Waals surface area contributed by atoms with Crippen LogP contribution in [-0.2, 0) is 41.6 Å². The molecule has 0 saturated carbocycles. The van der Waals surface area contributed by atoms with Crippen LogP contribution in [0.3, 0.4) is 0 Å². The van der Waals surface area contributed by atoms with Crippen molar-refractivity contribution in [3.8, 4) is 5.75 Å². The van der Waals surface area contributed by atoms with Gasteiger partial charge in [0.2, 0.25) is 23.6 Å². The number of hydrogen-bond donors (Lipinski definition) is 7. The van der Waals surface area contributed by atoms with Crippen LogP contribution in [0.25, 0.3) is 0 Å². The lowest BCUT2D eigenvalue weighted by Crippen LogP contribution is -2.55. The molecular formula is C30H41N5O7S. The SMILES string of the molecule is CCC(C)OC(=O)[C@H](CS)NC(=O)[C@H](Cc1ccccc1)NC(=O)CNC(=O)[C@H](C)NC(=O)[C@@H](N)Cc1ccc(O)cc1. The first-order chi connectivity index (χ1) is 20.4. The number of benzene rings is 2. The van der Waals surface area contributed by atoms with Crippen molar-refractivity contribution in [2.75, 3.05) is 12.3 Å². The van der Waals surface area contributed by atoms with Crippen LogP contribution < -0.4 is 27.0 Å². The minimum absolute atomic E-state index is 0.00866. The first-order valence-corrected chi connectivity index (χ1v) is 14.6. The van der Waals surface area contributed by atoms with Gasteiger partial charge in [-0.1, -0.05) is 49.4 Å². The van der Waals surface area contributed by atoms with Crippen LogP contribution >= 0.6 is 12.6 Å². The number of rotatable bonds is 16. The highest BCUT2D eigenvalue weighted by Gasteiger charge is 2.28. The molecule has 7 N–H and O–H groups in total. The number of thiol groups is 1. The van der Waals surface area contributed by atoms with E-state index >= 15 is 0 Å². The van der Waals surface area contributed by atoms with Crippen molar-refractivity contribution in [2.24, 2.45) is 5.73 Å². The molecule has 0 bridgehead atoms. The topological polar surface area (TPSA) is 189 Å². The van der Waals surface area contributed by atoms with Gasteiger partial charge in [-0.15, -0.1) is 0 Å². The quantitative estimate of drug-likeness (QED) is 0.104. The lowest BCUT2D eigenvalue weighted by atomic mass is 10.0. The number of nitrogens with one attached hydrogen (secondary N) is 4. The summed E-state index contributed by atoms with van der Waals surface area (Å²) in [6.07, 6.45) is 0.582.